The zero-order valence-corrected chi connectivity index (χ0v) is 11.4. The number of hydrogen-bond acceptors (Lipinski definition) is 2. The Labute approximate surface area is 103 Å². The molecule has 5 nitrogen and oxygen atoms in total. The van der Waals surface area contributed by atoms with Crippen molar-refractivity contribution in [1.29, 1.82) is 0 Å². The highest BCUT2D eigenvalue weighted by atomic mass is 16.4. The molecule has 0 spiro atoms. The average molecular weight is 244 g/mol. The second-order valence-corrected chi connectivity index (χ2v) is 4.44. The third kappa shape index (κ3) is 4.63. The standard InChI is InChI=1S/C12H24N2O3/c1-6-10(5)14(8-11(15)16)12(17)13(7-2)9(3)4/h9-10H,6-8H2,1-5H3,(H,15,16). The lowest BCUT2D eigenvalue weighted by Crippen LogP contribution is -2.51. The molecule has 0 radical (unpaired) electrons. The van der Waals surface area contributed by atoms with E-state index in [4.69, 9.17) is 5.11 Å². The Kier molecular flexibility index (Phi) is 6.61. The molecule has 1 N–H and O–H groups in total. The first-order chi connectivity index (χ1) is 7.84. The van der Waals surface area contributed by atoms with Crippen LogP contribution >= 0.6 is 0 Å². The summed E-state index contributed by atoms with van der Waals surface area (Å²) in [6.07, 6.45) is 0.745. The van der Waals surface area contributed by atoms with E-state index in [1.807, 2.05) is 34.6 Å². The number of carboxylic acid groups (broad SMARTS) is 1. The fourth-order valence-corrected chi connectivity index (χ4v) is 1.66. The Hall–Kier alpha value is -1.26. The summed E-state index contributed by atoms with van der Waals surface area (Å²) >= 11 is 0. The molecule has 17 heavy (non-hydrogen) atoms. The van der Waals surface area contributed by atoms with Crippen molar-refractivity contribution in [3.63, 3.8) is 0 Å². The van der Waals surface area contributed by atoms with Gasteiger partial charge in [-0.2, -0.15) is 0 Å². The van der Waals surface area contributed by atoms with Crippen LogP contribution in [-0.4, -0.2) is 52.1 Å². The highest BCUT2D eigenvalue weighted by molar-refractivity contribution is 5.80. The van der Waals surface area contributed by atoms with Gasteiger partial charge in [0.05, 0.1) is 0 Å². The molecule has 0 heterocycles. The molecule has 0 saturated heterocycles. The molecule has 0 fully saturated rings. The summed E-state index contributed by atoms with van der Waals surface area (Å²) in [5, 5.41) is 8.86. The van der Waals surface area contributed by atoms with Crippen molar-refractivity contribution in [2.75, 3.05) is 13.1 Å². The molecule has 0 rings (SSSR count). The van der Waals surface area contributed by atoms with Crippen molar-refractivity contribution < 1.29 is 14.7 Å². The number of carbonyl (C=O) groups excluding carboxylic acids is 1. The van der Waals surface area contributed by atoms with Gasteiger partial charge in [-0.25, -0.2) is 4.79 Å². The maximum Gasteiger partial charge on any atom is 0.323 e. The molecule has 0 aliphatic heterocycles. The summed E-state index contributed by atoms with van der Waals surface area (Å²) in [5.74, 6) is -0.974. The van der Waals surface area contributed by atoms with Crippen molar-refractivity contribution >= 4 is 12.0 Å². The molecule has 1 atom stereocenters. The summed E-state index contributed by atoms with van der Waals surface area (Å²) in [6.45, 7) is 9.91. The molecule has 2 amide bonds. The zero-order valence-electron chi connectivity index (χ0n) is 11.4. The molecule has 0 aromatic rings. The number of amides is 2. The summed E-state index contributed by atoms with van der Waals surface area (Å²) < 4.78 is 0. The van der Waals surface area contributed by atoms with E-state index < -0.39 is 5.97 Å². The lowest BCUT2D eigenvalue weighted by molar-refractivity contribution is -0.138. The lowest BCUT2D eigenvalue weighted by Gasteiger charge is -2.34. The Morgan fingerprint density at radius 1 is 1.12 bits per heavy atom. The average Bonchev–Trinajstić information content (AvgIpc) is 2.24. The van der Waals surface area contributed by atoms with Gasteiger partial charge < -0.3 is 14.9 Å². The van der Waals surface area contributed by atoms with Gasteiger partial charge >= 0.3 is 12.0 Å². The van der Waals surface area contributed by atoms with Gasteiger partial charge in [-0.15, -0.1) is 0 Å². The lowest BCUT2D eigenvalue weighted by atomic mass is 10.2. The van der Waals surface area contributed by atoms with E-state index in [0.29, 0.717) is 6.54 Å². The SMILES string of the molecule is CCC(C)N(CC(=O)O)C(=O)N(CC)C(C)C. The minimum absolute atomic E-state index is 0.0635. The van der Waals surface area contributed by atoms with Crippen molar-refractivity contribution in [3.05, 3.63) is 0 Å². The van der Waals surface area contributed by atoms with E-state index >= 15 is 0 Å². The maximum atomic E-state index is 12.2. The zero-order chi connectivity index (χ0) is 13.6. The minimum Gasteiger partial charge on any atom is -0.480 e. The molecule has 0 bridgehead atoms. The predicted octanol–water partition coefficient (Wildman–Crippen LogP) is 2.02. The van der Waals surface area contributed by atoms with Crippen molar-refractivity contribution in [2.45, 2.75) is 53.1 Å². The van der Waals surface area contributed by atoms with Gasteiger partial charge in [0.2, 0.25) is 0 Å². The summed E-state index contributed by atoms with van der Waals surface area (Å²) in [5.41, 5.74) is 0. The van der Waals surface area contributed by atoms with Gasteiger partial charge in [0.1, 0.15) is 6.54 Å². The Balaban J connectivity index is 4.89. The summed E-state index contributed by atoms with van der Waals surface area (Å²) in [4.78, 5) is 26.1. The Bertz CT molecular complexity index is 266. The van der Waals surface area contributed by atoms with E-state index in [2.05, 4.69) is 0 Å². The van der Waals surface area contributed by atoms with Gasteiger partial charge in [-0.1, -0.05) is 6.92 Å². The highest BCUT2D eigenvalue weighted by Crippen LogP contribution is 2.10. The number of nitrogens with zero attached hydrogens (tertiary/aromatic N) is 2. The summed E-state index contributed by atoms with van der Waals surface area (Å²) in [6, 6.07) is -0.182. The van der Waals surface area contributed by atoms with Crippen LogP contribution in [0.2, 0.25) is 0 Å². The smallest absolute Gasteiger partial charge is 0.323 e. The monoisotopic (exact) mass is 244 g/mol. The third-order valence-electron chi connectivity index (χ3n) is 2.88. The second-order valence-electron chi connectivity index (χ2n) is 4.44. The van der Waals surface area contributed by atoms with E-state index in [-0.39, 0.29) is 24.7 Å². The maximum absolute atomic E-state index is 12.2. The van der Waals surface area contributed by atoms with Crippen LogP contribution in [0, 0.1) is 0 Å². The molecule has 5 heteroatoms. The number of hydrogen-bond donors (Lipinski definition) is 1. The Morgan fingerprint density at radius 3 is 1.94 bits per heavy atom. The number of aliphatic carboxylic acids is 1. The quantitative estimate of drug-likeness (QED) is 0.777. The molecular weight excluding hydrogens is 220 g/mol. The van der Waals surface area contributed by atoms with Gasteiger partial charge in [0, 0.05) is 18.6 Å². The number of carboxylic acids is 1. The molecule has 0 aromatic carbocycles. The number of urea groups is 1. The van der Waals surface area contributed by atoms with E-state index in [1.165, 1.54) is 4.90 Å². The van der Waals surface area contributed by atoms with Crippen LogP contribution in [0.5, 0.6) is 0 Å². The molecule has 0 aliphatic carbocycles. The molecule has 0 aliphatic rings. The van der Waals surface area contributed by atoms with Gasteiger partial charge in [-0.05, 0) is 34.1 Å². The van der Waals surface area contributed by atoms with Crippen LogP contribution < -0.4 is 0 Å². The fraction of sp³-hybridized carbons (Fsp3) is 0.833. The van der Waals surface area contributed by atoms with Crippen LogP contribution in [0.15, 0.2) is 0 Å². The van der Waals surface area contributed by atoms with Crippen LogP contribution in [0.25, 0.3) is 0 Å². The minimum atomic E-state index is -0.974. The topological polar surface area (TPSA) is 60.9 Å². The molecule has 0 saturated carbocycles. The predicted molar refractivity (Wildman–Crippen MR) is 67.0 cm³/mol. The van der Waals surface area contributed by atoms with Crippen molar-refractivity contribution in [1.82, 2.24) is 9.80 Å². The second kappa shape index (κ2) is 7.14. The van der Waals surface area contributed by atoms with Gasteiger partial charge in [0.15, 0.2) is 0 Å². The number of carbonyl (C=O) groups is 2. The van der Waals surface area contributed by atoms with Crippen molar-refractivity contribution in [2.24, 2.45) is 0 Å². The van der Waals surface area contributed by atoms with E-state index in [0.717, 1.165) is 6.42 Å². The molecular formula is C12H24N2O3. The van der Waals surface area contributed by atoms with Crippen LogP contribution in [0.3, 0.4) is 0 Å². The fourth-order valence-electron chi connectivity index (χ4n) is 1.66. The van der Waals surface area contributed by atoms with Crippen LogP contribution in [0.4, 0.5) is 4.79 Å². The largest absolute Gasteiger partial charge is 0.480 e. The van der Waals surface area contributed by atoms with Crippen molar-refractivity contribution in [3.8, 4) is 0 Å². The molecule has 0 aromatic heterocycles. The first-order valence-electron chi connectivity index (χ1n) is 6.14. The van der Waals surface area contributed by atoms with Crippen LogP contribution in [0.1, 0.15) is 41.0 Å². The van der Waals surface area contributed by atoms with Gasteiger partial charge in [-0.3, -0.25) is 4.79 Å². The van der Waals surface area contributed by atoms with Crippen LogP contribution in [-0.2, 0) is 4.79 Å². The first-order valence-corrected chi connectivity index (χ1v) is 6.14. The van der Waals surface area contributed by atoms with Gasteiger partial charge in [0.25, 0.3) is 0 Å². The highest BCUT2D eigenvalue weighted by Gasteiger charge is 2.26. The molecule has 1 unspecified atom stereocenters. The normalized spacial score (nSPS) is 12.4. The van der Waals surface area contributed by atoms with E-state index in [9.17, 15) is 9.59 Å². The molecule has 100 valence electrons. The van der Waals surface area contributed by atoms with E-state index in [1.54, 1.807) is 4.90 Å². The third-order valence-corrected chi connectivity index (χ3v) is 2.88. The Morgan fingerprint density at radius 2 is 1.65 bits per heavy atom. The summed E-state index contributed by atoms with van der Waals surface area (Å²) in [7, 11) is 0. The first kappa shape index (κ1) is 15.7. The number of rotatable bonds is 6.